The van der Waals surface area contributed by atoms with Crippen LogP contribution < -0.4 is 5.73 Å². The quantitative estimate of drug-likeness (QED) is 0.856. The van der Waals surface area contributed by atoms with Crippen molar-refractivity contribution in [1.29, 1.82) is 5.26 Å². The molecule has 2 rings (SSSR count). The molecule has 0 bridgehead atoms. The summed E-state index contributed by atoms with van der Waals surface area (Å²) < 4.78 is 0. The van der Waals surface area contributed by atoms with Crippen molar-refractivity contribution < 1.29 is 4.79 Å². The van der Waals surface area contributed by atoms with Gasteiger partial charge in [0.25, 0.3) is 5.91 Å². The summed E-state index contributed by atoms with van der Waals surface area (Å²) in [5.41, 5.74) is 7.78. The molecule has 1 fully saturated rings. The molecule has 0 spiro atoms. The minimum atomic E-state index is 0.00153. The first-order valence-electron chi connectivity index (χ1n) is 7.15. The fraction of sp³-hybridized carbons (Fsp3) is 0.412. The third-order valence-electron chi connectivity index (χ3n) is 3.60. The van der Waals surface area contributed by atoms with E-state index in [1.54, 1.807) is 0 Å². The molecule has 1 aliphatic rings. The van der Waals surface area contributed by atoms with Gasteiger partial charge in [-0.1, -0.05) is 17.9 Å². The summed E-state index contributed by atoms with van der Waals surface area (Å²) in [7, 11) is 0. The Morgan fingerprint density at radius 1 is 1.48 bits per heavy atom. The van der Waals surface area contributed by atoms with E-state index in [1.165, 1.54) is 0 Å². The molecule has 0 atom stereocenters. The van der Waals surface area contributed by atoms with E-state index in [1.807, 2.05) is 30.0 Å². The second-order valence-electron chi connectivity index (χ2n) is 5.12. The van der Waals surface area contributed by atoms with Crippen LogP contribution >= 0.6 is 0 Å². The second kappa shape index (κ2) is 6.92. The molecule has 0 unspecified atom stereocenters. The van der Waals surface area contributed by atoms with Gasteiger partial charge >= 0.3 is 0 Å². The Kier molecular flexibility index (Phi) is 4.98. The highest BCUT2D eigenvalue weighted by atomic mass is 16.2. The summed E-state index contributed by atoms with van der Waals surface area (Å²) in [5, 5.41) is 8.75. The average molecular weight is 281 g/mol. The molecule has 4 nitrogen and oxygen atoms in total. The van der Waals surface area contributed by atoms with Crippen molar-refractivity contribution in [1.82, 2.24) is 4.90 Å². The van der Waals surface area contributed by atoms with Crippen molar-refractivity contribution in [2.45, 2.75) is 32.2 Å². The van der Waals surface area contributed by atoms with E-state index >= 15 is 0 Å². The van der Waals surface area contributed by atoms with Crippen molar-refractivity contribution in [3.05, 3.63) is 34.9 Å². The topological polar surface area (TPSA) is 70.1 Å². The monoisotopic (exact) mass is 281 g/mol. The Morgan fingerprint density at radius 3 is 2.86 bits per heavy atom. The average Bonchev–Trinajstić information content (AvgIpc) is 3.31. The van der Waals surface area contributed by atoms with Crippen molar-refractivity contribution in [2.24, 2.45) is 5.73 Å². The first-order valence-corrected chi connectivity index (χ1v) is 7.15. The Balaban J connectivity index is 2.27. The lowest BCUT2D eigenvalue weighted by Gasteiger charge is -2.22. The van der Waals surface area contributed by atoms with E-state index in [0.717, 1.165) is 24.0 Å². The highest BCUT2D eigenvalue weighted by Gasteiger charge is 2.33. The van der Waals surface area contributed by atoms with Crippen LogP contribution in [0.1, 0.15) is 40.7 Å². The molecule has 1 aromatic rings. The number of carbonyl (C=O) groups excluding carboxylic acids is 1. The molecule has 0 aliphatic heterocycles. The van der Waals surface area contributed by atoms with Gasteiger partial charge in [-0.25, -0.2) is 0 Å². The van der Waals surface area contributed by atoms with Crippen molar-refractivity contribution in [2.75, 3.05) is 13.1 Å². The molecule has 21 heavy (non-hydrogen) atoms. The van der Waals surface area contributed by atoms with Crippen LogP contribution in [0.2, 0.25) is 0 Å². The summed E-state index contributed by atoms with van der Waals surface area (Å²) in [5.74, 6) is 5.82. The summed E-state index contributed by atoms with van der Waals surface area (Å²) in [6.07, 6.45) is 2.43. The van der Waals surface area contributed by atoms with Gasteiger partial charge in [0.15, 0.2) is 0 Å². The van der Waals surface area contributed by atoms with Crippen LogP contribution in [0.25, 0.3) is 0 Å². The number of nitrogens with zero attached hydrogens (tertiary/aromatic N) is 2. The Labute approximate surface area is 125 Å². The minimum absolute atomic E-state index is 0.00153. The van der Waals surface area contributed by atoms with Gasteiger partial charge < -0.3 is 10.6 Å². The summed E-state index contributed by atoms with van der Waals surface area (Å²) in [6.45, 7) is 2.70. The number of nitriles is 1. The highest BCUT2D eigenvalue weighted by molar-refractivity contribution is 5.96. The Hall–Kier alpha value is -2.30. The highest BCUT2D eigenvalue weighted by Crippen LogP contribution is 2.29. The van der Waals surface area contributed by atoms with Gasteiger partial charge in [-0.2, -0.15) is 5.26 Å². The fourth-order valence-corrected chi connectivity index (χ4v) is 2.31. The number of amides is 1. The maximum atomic E-state index is 12.7. The van der Waals surface area contributed by atoms with Crippen LogP contribution in [0.5, 0.6) is 0 Å². The van der Waals surface area contributed by atoms with Gasteiger partial charge in [-0.15, -0.1) is 0 Å². The van der Waals surface area contributed by atoms with Crippen LogP contribution in [0.4, 0.5) is 0 Å². The lowest BCUT2D eigenvalue weighted by molar-refractivity contribution is 0.0746. The van der Waals surface area contributed by atoms with E-state index in [9.17, 15) is 4.79 Å². The molecule has 0 heterocycles. The molecule has 108 valence electrons. The van der Waals surface area contributed by atoms with Gasteiger partial charge in [0.05, 0.1) is 19.0 Å². The zero-order chi connectivity index (χ0) is 15.2. The lowest BCUT2D eigenvalue weighted by atomic mass is 10.0. The zero-order valence-corrected chi connectivity index (χ0v) is 12.2. The van der Waals surface area contributed by atoms with Gasteiger partial charge in [0.2, 0.25) is 0 Å². The molecular weight excluding hydrogens is 262 g/mol. The zero-order valence-electron chi connectivity index (χ0n) is 12.2. The molecule has 4 heteroatoms. The predicted molar refractivity (Wildman–Crippen MR) is 81.4 cm³/mol. The third kappa shape index (κ3) is 3.62. The summed E-state index contributed by atoms with van der Waals surface area (Å²) in [4.78, 5) is 14.5. The first kappa shape index (κ1) is 15.1. The van der Waals surface area contributed by atoms with E-state index in [2.05, 4.69) is 17.9 Å². The third-order valence-corrected chi connectivity index (χ3v) is 3.60. The largest absolute Gasteiger partial charge is 0.335 e. The van der Waals surface area contributed by atoms with Crippen LogP contribution in [0.3, 0.4) is 0 Å². The van der Waals surface area contributed by atoms with Gasteiger partial charge in [-0.05, 0) is 37.5 Å². The van der Waals surface area contributed by atoms with Crippen LogP contribution in [-0.4, -0.2) is 29.9 Å². The number of benzene rings is 1. The molecule has 1 aromatic carbocycles. The minimum Gasteiger partial charge on any atom is -0.335 e. The van der Waals surface area contributed by atoms with Crippen LogP contribution in [0, 0.1) is 30.1 Å². The molecular formula is C17H19N3O. The van der Waals surface area contributed by atoms with E-state index in [4.69, 9.17) is 11.0 Å². The number of hydrogen-bond acceptors (Lipinski definition) is 3. The second-order valence-corrected chi connectivity index (χ2v) is 5.12. The SMILES string of the molecule is Cc1c(C#CCN)cccc1C(=O)N(CCC#N)C1CC1. The molecule has 1 aliphatic carbocycles. The summed E-state index contributed by atoms with van der Waals surface area (Å²) in [6, 6.07) is 7.97. The number of hydrogen-bond donors (Lipinski definition) is 1. The van der Waals surface area contributed by atoms with E-state index in [-0.39, 0.29) is 5.91 Å². The first-order chi connectivity index (χ1) is 10.2. The maximum Gasteiger partial charge on any atom is 0.254 e. The molecule has 0 saturated heterocycles. The Bertz CT molecular complexity index is 630. The van der Waals surface area contributed by atoms with Crippen molar-refractivity contribution in [3.8, 4) is 17.9 Å². The van der Waals surface area contributed by atoms with Crippen LogP contribution in [-0.2, 0) is 0 Å². The molecule has 1 amide bonds. The van der Waals surface area contributed by atoms with Crippen molar-refractivity contribution >= 4 is 5.91 Å². The molecule has 0 radical (unpaired) electrons. The van der Waals surface area contributed by atoms with Crippen molar-refractivity contribution in [3.63, 3.8) is 0 Å². The molecule has 2 N–H and O–H groups in total. The summed E-state index contributed by atoms with van der Waals surface area (Å²) >= 11 is 0. The van der Waals surface area contributed by atoms with Gasteiger partial charge in [-0.3, -0.25) is 4.79 Å². The maximum absolute atomic E-state index is 12.7. The smallest absolute Gasteiger partial charge is 0.254 e. The standard InChI is InChI=1S/C17H19N3O/c1-13-14(6-3-10-18)5-2-7-16(13)17(21)20(12-4-11-19)15-8-9-15/h2,5,7,15H,4,8-10,12,18H2,1H3. The van der Waals surface area contributed by atoms with E-state index < -0.39 is 0 Å². The van der Waals surface area contributed by atoms with Gasteiger partial charge in [0, 0.05) is 23.7 Å². The van der Waals surface area contributed by atoms with Crippen LogP contribution in [0.15, 0.2) is 18.2 Å². The number of rotatable bonds is 4. The van der Waals surface area contributed by atoms with Gasteiger partial charge in [0.1, 0.15) is 0 Å². The fourth-order valence-electron chi connectivity index (χ4n) is 2.31. The molecule has 0 aromatic heterocycles. The lowest BCUT2D eigenvalue weighted by Crippen LogP contribution is -2.34. The molecule has 1 saturated carbocycles. The Morgan fingerprint density at radius 2 is 2.24 bits per heavy atom. The number of carbonyl (C=O) groups is 1. The van der Waals surface area contributed by atoms with E-state index in [0.29, 0.717) is 31.1 Å². The predicted octanol–water partition coefficient (Wildman–Crippen LogP) is 1.82. The number of nitrogens with two attached hydrogens (primary N) is 1. The normalized spacial score (nSPS) is 13.0.